The molecule has 7 nitrogen and oxygen atoms in total. The third-order valence-corrected chi connectivity index (χ3v) is 7.28. The van der Waals surface area contributed by atoms with E-state index in [1.807, 2.05) is 17.9 Å². The van der Waals surface area contributed by atoms with Gasteiger partial charge in [0.1, 0.15) is 11.5 Å². The molecule has 4 unspecified atom stereocenters. The second-order valence-corrected chi connectivity index (χ2v) is 9.19. The number of aromatic nitrogens is 4. The molecule has 168 valence electrons. The van der Waals surface area contributed by atoms with Crippen LogP contribution in [0.25, 0.3) is 11.5 Å². The predicted octanol–water partition coefficient (Wildman–Crippen LogP) is 3.89. The summed E-state index contributed by atoms with van der Waals surface area (Å²) in [5.41, 5.74) is 1.83. The maximum atomic E-state index is 13.7. The average Bonchev–Trinajstić information content (AvgIpc) is 3.47. The van der Waals surface area contributed by atoms with Crippen LogP contribution < -0.4 is 5.32 Å². The molecule has 2 saturated carbocycles. The lowest BCUT2D eigenvalue weighted by Crippen LogP contribution is -2.60. The Hall–Kier alpha value is -3.49. The molecule has 6 rings (SSSR count). The molecular weight excluding hydrogens is 426 g/mol. The normalized spacial score (nSPS) is 27.0. The van der Waals surface area contributed by atoms with Crippen molar-refractivity contribution < 1.29 is 13.6 Å². The standard InChI is InChI=1S/C24H22F2N6O/c1-13-3-5-16(19(30-13)22-27-7-2-8-28-22)23(33)32-12-15-9-24(15)10-17(20(24)32)31-18-6-4-14(11-29-18)21(25)26/h2-8,11,15,17,20-21H,9-10,12H2,1H3,(H,29,31). The predicted molar refractivity (Wildman–Crippen MR) is 117 cm³/mol. The molecule has 2 aliphatic carbocycles. The van der Waals surface area contributed by atoms with Crippen molar-refractivity contribution in [2.24, 2.45) is 11.3 Å². The fourth-order valence-corrected chi connectivity index (χ4v) is 5.64. The summed E-state index contributed by atoms with van der Waals surface area (Å²) in [6.07, 6.45) is 4.00. The monoisotopic (exact) mass is 448 g/mol. The third-order valence-electron chi connectivity index (χ3n) is 7.28. The third kappa shape index (κ3) is 3.17. The highest BCUT2D eigenvalue weighted by Gasteiger charge is 2.75. The lowest BCUT2D eigenvalue weighted by atomic mass is 9.71. The number of hydrogen-bond donors (Lipinski definition) is 1. The van der Waals surface area contributed by atoms with Gasteiger partial charge in [-0.05, 0) is 61.4 Å². The number of carbonyl (C=O) groups excluding carboxylic acids is 1. The van der Waals surface area contributed by atoms with E-state index < -0.39 is 6.43 Å². The highest BCUT2D eigenvalue weighted by Crippen LogP contribution is 2.71. The van der Waals surface area contributed by atoms with Crippen LogP contribution in [0.2, 0.25) is 0 Å². The number of halogens is 2. The number of likely N-dealkylation sites (tertiary alicyclic amines) is 1. The molecule has 0 bridgehead atoms. The van der Waals surface area contributed by atoms with Crippen LogP contribution in [0.3, 0.4) is 0 Å². The molecule has 0 aromatic carbocycles. The Balaban J connectivity index is 1.27. The summed E-state index contributed by atoms with van der Waals surface area (Å²) in [5, 5.41) is 3.37. The van der Waals surface area contributed by atoms with Gasteiger partial charge in [0.15, 0.2) is 5.82 Å². The van der Waals surface area contributed by atoms with Crippen molar-refractivity contribution >= 4 is 11.7 Å². The van der Waals surface area contributed by atoms with Gasteiger partial charge in [0.2, 0.25) is 0 Å². The molecule has 9 heteroatoms. The molecular formula is C24H22F2N6O. The van der Waals surface area contributed by atoms with Crippen LogP contribution in [0.4, 0.5) is 14.6 Å². The first-order valence-corrected chi connectivity index (χ1v) is 11.0. The van der Waals surface area contributed by atoms with E-state index in [2.05, 4.69) is 25.3 Å². The maximum Gasteiger partial charge on any atom is 0.265 e. The number of nitrogens with zero attached hydrogens (tertiary/aromatic N) is 5. The molecule has 33 heavy (non-hydrogen) atoms. The zero-order valence-corrected chi connectivity index (χ0v) is 17.9. The minimum Gasteiger partial charge on any atom is -0.365 e. The molecule has 3 aromatic rings. The lowest BCUT2D eigenvalue weighted by Gasteiger charge is -2.48. The van der Waals surface area contributed by atoms with Gasteiger partial charge in [-0.1, -0.05) is 0 Å². The Morgan fingerprint density at radius 2 is 1.97 bits per heavy atom. The Morgan fingerprint density at radius 1 is 1.15 bits per heavy atom. The second kappa shape index (κ2) is 7.26. The fourth-order valence-electron chi connectivity index (χ4n) is 5.64. The first-order chi connectivity index (χ1) is 16.0. The van der Waals surface area contributed by atoms with E-state index in [1.165, 1.54) is 12.3 Å². The number of rotatable bonds is 5. The molecule has 4 atom stereocenters. The highest BCUT2D eigenvalue weighted by atomic mass is 19.3. The molecule has 1 spiro atoms. The van der Waals surface area contributed by atoms with Crippen LogP contribution >= 0.6 is 0 Å². The molecule has 3 aromatic heterocycles. The average molecular weight is 448 g/mol. The first-order valence-electron chi connectivity index (χ1n) is 11.0. The molecule has 4 heterocycles. The van der Waals surface area contributed by atoms with Crippen molar-refractivity contribution in [3.05, 3.63) is 65.7 Å². The van der Waals surface area contributed by atoms with E-state index in [9.17, 15) is 13.6 Å². The van der Waals surface area contributed by atoms with E-state index >= 15 is 0 Å². The zero-order valence-electron chi connectivity index (χ0n) is 17.9. The number of piperidine rings is 1. The van der Waals surface area contributed by atoms with E-state index in [4.69, 9.17) is 0 Å². The molecule has 1 amide bonds. The number of alkyl halides is 2. The van der Waals surface area contributed by atoms with Crippen molar-refractivity contribution in [3.63, 3.8) is 0 Å². The smallest absolute Gasteiger partial charge is 0.265 e. The van der Waals surface area contributed by atoms with E-state index in [0.29, 0.717) is 35.4 Å². The van der Waals surface area contributed by atoms with Gasteiger partial charge >= 0.3 is 0 Å². The van der Waals surface area contributed by atoms with Crippen LogP contribution in [-0.2, 0) is 0 Å². The number of anilines is 1. The number of pyridine rings is 2. The van der Waals surface area contributed by atoms with Crippen molar-refractivity contribution in [2.75, 3.05) is 11.9 Å². The van der Waals surface area contributed by atoms with E-state index in [1.54, 1.807) is 30.6 Å². The topological polar surface area (TPSA) is 83.9 Å². The fraction of sp³-hybridized carbons (Fsp3) is 0.375. The summed E-state index contributed by atoms with van der Waals surface area (Å²) in [6.45, 7) is 2.58. The quantitative estimate of drug-likeness (QED) is 0.638. The van der Waals surface area contributed by atoms with Crippen molar-refractivity contribution in [2.45, 2.75) is 38.3 Å². The molecule has 1 N–H and O–H groups in total. The van der Waals surface area contributed by atoms with Gasteiger partial charge in [-0.3, -0.25) is 4.79 Å². The number of hydrogen-bond acceptors (Lipinski definition) is 6. The van der Waals surface area contributed by atoms with Crippen molar-refractivity contribution in [3.8, 4) is 11.5 Å². The molecule has 1 aliphatic heterocycles. The molecule has 3 fully saturated rings. The molecule has 3 aliphatic rings. The summed E-state index contributed by atoms with van der Waals surface area (Å²) in [5.74, 6) is 1.41. The summed E-state index contributed by atoms with van der Waals surface area (Å²) in [4.78, 5) is 33.0. The summed E-state index contributed by atoms with van der Waals surface area (Å²) < 4.78 is 25.7. The SMILES string of the molecule is Cc1ccc(C(=O)N2CC3CC34CC(Nc3ccc(C(F)F)cn3)C24)c(-c2ncccn2)n1. The van der Waals surface area contributed by atoms with Gasteiger partial charge in [0.25, 0.3) is 12.3 Å². The van der Waals surface area contributed by atoms with Gasteiger partial charge in [-0.2, -0.15) is 0 Å². The van der Waals surface area contributed by atoms with Crippen molar-refractivity contribution in [1.29, 1.82) is 0 Å². The maximum absolute atomic E-state index is 13.7. The van der Waals surface area contributed by atoms with Gasteiger partial charge in [-0.15, -0.1) is 0 Å². The van der Waals surface area contributed by atoms with Crippen LogP contribution in [-0.4, -0.2) is 49.4 Å². The Labute approximate surface area is 189 Å². The largest absolute Gasteiger partial charge is 0.365 e. The van der Waals surface area contributed by atoms with Crippen LogP contribution in [0, 0.1) is 18.3 Å². The number of carbonyl (C=O) groups is 1. The number of aryl methyl sites for hydroxylation is 1. The minimum atomic E-state index is -2.54. The molecule has 1 saturated heterocycles. The summed E-state index contributed by atoms with van der Waals surface area (Å²) in [6, 6.07) is 8.39. The Bertz CT molecular complexity index is 1220. The van der Waals surface area contributed by atoms with Crippen LogP contribution in [0.1, 0.15) is 40.9 Å². The van der Waals surface area contributed by atoms with E-state index in [-0.39, 0.29) is 29.0 Å². The van der Waals surface area contributed by atoms with Gasteiger partial charge in [0.05, 0.1) is 11.6 Å². The van der Waals surface area contributed by atoms with Gasteiger partial charge in [0, 0.05) is 42.4 Å². The van der Waals surface area contributed by atoms with Crippen LogP contribution in [0.5, 0.6) is 0 Å². The lowest BCUT2D eigenvalue weighted by molar-refractivity contribution is 0.0472. The number of amides is 1. The zero-order chi connectivity index (χ0) is 22.7. The number of nitrogens with one attached hydrogen (secondary N) is 1. The summed E-state index contributed by atoms with van der Waals surface area (Å²) >= 11 is 0. The van der Waals surface area contributed by atoms with Gasteiger partial charge < -0.3 is 10.2 Å². The summed E-state index contributed by atoms with van der Waals surface area (Å²) in [7, 11) is 0. The van der Waals surface area contributed by atoms with Crippen LogP contribution in [0.15, 0.2) is 48.9 Å². The van der Waals surface area contributed by atoms with E-state index in [0.717, 1.165) is 18.5 Å². The Morgan fingerprint density at radius 3 is 2.70 bits per heavy atom. The first kappa shape index (κ1) is 20.1. The second-order valence-electron chi connectivity index (χ2n) is 9.19. The Kier molecular flexibility index (Phi) is 4.43. The minimum absolute atomic E-state index is 0.0289. The van der Waals surface area contributed by atoms with Gasteiger partial charge in [-0.25, -0.2) is 28.7 Å². The van der Waals surface area contributed by atoms with Crippen molar-refractivity contribution in [1.82, 2.24) is 24.8 Å². The highest BCUT2D eigenvalue weighted by molar-refractivity contribution is 6.00. The molecule has 0 radical (unpaired) electrons.